The van der Waals surface area contributed by atoms with Crippen LogP contribution in [0.4, 0.5) is 0 Å². The predicted molar refractivity (Wildman–Crippen MR) is 76.7 cm³/mol. The van der Waals surface area contributed by atoms with Gasteiger partial charge in [0.1, 0.15) is 0 Å². The maximum atomic E-state index is 5.90. The van der Waals surface area contributed by atoms with Crippen molar-refractivity contribution in [2.24, 2.45) is 5.73 Å². The summed E-state index contributed by atoms with van der Waals surface area (Å²) in [5.74, 6) is 2.45. The van der Waals surface area contributed by atoms with Crippen molar-refractivity contribution in [3.8, 4) is 0 Å². The molecule has 1 rings (SSSR count). The lowest BCUT2D eigenvalue weighted by Gasteiger charge is -2.37. The van der Waals surface area contributed by atoms with E-state index in [0.717, 1.165) is 26.2 Å². The average molecular weight is 260 g/mol. The van der Waals surface area contributed by atoms with Gasteiger partial charge in [-0.3, -0.25) is 4.90 Å². The van der Waals surface area contributed by atoms with Gasteiger partial charge in [-0.25, -0.2) is 0 Å². The number of nitrogens with two attached hydrogens (primary N) is 1. The Bertz CT molecular complexity index is 184. The van der Waals surface area contributed by atoms with Crippen LogP contribution in [0, 0.1) is 0 Å². The molecule has 1 heterocycles. The molecule has 0 aromatic heterocycles. The van der Waals surface area contributed by atoms with Crippen LogP contribution in [0.2, 0.25) is 0 Å². The largest absolute Gasteiger partial charge is 0.378 e. The number of thioether (sulfide) groups is 1. The van der Waals surface area contributed by atoms with E-state index in [1.807, 2.05) is 11.8 Å². The monoisotopic (exact) mass is 260 g/mol. The normalized spacial score (nSPS) is 20.6. The van der Waals surface area contributed by atoms with Gasteiger partial charge in [-0.15, -0.1) is 0 Å². The van der Waals surface area contributed by atoms with E-state index in [2.05, 4.69) is 18.7 Å². The summed E-state index contributed by atoms with van der Waals surface area (Å²) in [7, 11) is 0. The summed E-state index contributed by atoms with van der Waals surface area (Å²) in [6.07, 6.45) is 4.06. The molecule has 0 aliphatic carbocycles. The third-order valence-corrected chi connectivity index (χ3v) is 4.40. The van der Waals surface area contributed by atoms with Crippen LogP contribution < -0.4 is 5.73 Å². The molecule has 4 heteroatoms. The van der Waals surface area contributed by atoms with Gasteiger partial charge in [0.25, 0.3) is 0 Å². The number of likely N-dealkylation sites (tertiary alicyclic amines) is 1. The quantitative estimate of drug-likeness (QED) is 0.677. The molecular formula is C13H28N2OS. The Kier molecular flexibility index (Phi) is 8.27. The Hall–Kier alpha value is 0.230. The molecule has 1 aliphatic heterocycles. The van der Waals surface area contributed by atoms with Gasteiger partial charge in [0.2, 0.25) is 0 Å². The van der Waals surface area contributed by atoms with Crippen molar-refractivity contribution in [1.82, 2.24) is 4.90 Å². The first-order valence-electron chi connectivity index (χ1n) is 6.95. The molecule has 2 N–H and O–H groups in total. The van der Waals surface area contributed by atoms with Crippen LogP contribution in [0.3, 0.4) is 0 Å². The fourth-order valence-electron chi connectivity index (χ4n) is 2.46. The van der Waals surface area contributed by atoms with Crippen LogP contribution in [0.1, 0.15) is 33.1 Å². The Morgan fingerprint density at radius 2 is 2.06 bits per heavy atom. The topological polar surface area (TPSA) is 38.5 Å². The van der Waals surface area contributed by atoms with Gasteiger partial charge in [0.05, 0.1) is 6.10 Å². The highest BCUT2D eigenvalue weighted by Gasteiger charge is 2.24. The number of piperidine rings is 1. The maximum absolute atomic E-state index is 5.90. The van der Waals surface area contributed by atoms with Crippen LogP contribution in [-0.2, 0) is 4.74 Å². The molecule has 0 saturated carbocycles. The number of hydrogen-bond donors (Lipinski definition) is 1. The SMILES string of the molecule is CCOC1CCN(C(CN)CCSCC)CC1. The molecule has 0 spiro atoms. The van der Waals surface area contributed by atoms with Crippen molar-refractivity contribution in [2.75, 3.05) is 37.7 Å². The summed E-state index contributed by atoms with van der Waals surface area (Å²) in [5.41, 5.74) is 5.90. The second-order valence-electron chi connectivity index (χ2n) is 4.57. The molecule has 102 valence electrons. The second-order valence-corrected chi connectivity index (χ2v) is 5.96. The Balaban J connectivity index is 2.24. The maximum Gasteiger partial charge on any atom is 0.0599 e. The molecule has 0 aromatic carbocycles. The van der Waals surface area contributed by atoms with Crippen LogP contribution in [0.15, 0.2) is 0 Å². The first kappa shape index (κ1) is 15.3. The summed E-state index contributed by atoms with van der Waals surface area (Å²) >= 11 is 2.02. The van der Waals surface area contributed by atoms with Gasteiger partial charge < -0.3 is 10.5 Å². The molecule has 0 bridgehead atoms. The van der Waals surface area contributed by atoms with Crippen LogP contribution in [-0.4, -0.2) is 54.8 Å². The average Bonchev–Trinajstić information content (AvgIpc) is 2.36. The Labute approximate surface area is 110 Å². The van der Waals surface area contributed by atoms with Gasteiger partial charge in [-0.05, 0) is 37.7 Å². The first-order chi connectivity index (χ1) is 8.31. The molecule has 0 amide bonds. The van der Waals surface area contributed by atoms with E-state index < -0.39 is 0 Å². The van der Waals surface area contributed by atoms with Gasteiger partial charge in [-0.2, -0.15) is 11.8 Å². The van der Waals surface area contributed by atoms with Gasteiger partial charge >= 0.3 is 0 Å². The van der Waals surface area contributed by atoms with E-state index in [1.54, 1.807) is 0 Å². The number of hydrogen-bond acceptors (Lipinski definition) is 4. The molecule has 17 heavy (non-hydrogen) atoms. The number of ether oxygens (including phenoxy) is 1. The minimum Gasteiger partial charge on any atom is -0.378 e. The molecule has 0 aromatic rings. The smallest absolute Gasteiger partial charge is 0.0599 e. The van der Waals surface area contributed by atoms with Crippen LogP contribution in [0.5, 0.6) is 0 Å². The van der Waals surface area contributed by atoms with Crippen LogP contribution in [0.25, 0.3) is 0 Å². The fourth-order valence-corrected chi connectivity index (χ4v) is 3.18. The van der Waals surface area contributed by atoms with Crippen molar-refractivity contribution in [1.29, 1.82) is 0 Å². The predicted octanol–water partition coefficient (Wildman–Crippen LogP) is 1.96. The van der Waals surface area contributed by atoms with Gasteiger partial charge in [0.15, 0.2) is 0 Å². The first-order valence-corrected chi connectivity index (χ1v) is 8.10. The van der Waals surface area contributed by atoms with Crippen molar-refractivity contribution in [2.45, 2.75) is 45.3 Å². The van der Waals surface area contributed by atoms with E-state index >= 15 is 0 Å². The highest BCUT2D eigenvalue weighted by atomic mass is 32.2. The molecule has 0 radical (unpaired) electrons. The highest BCUT2D eigenvalue weighted by molar-refractivity contribution is 7.99. The lowest BCUT2D eigenvalue weighted by atomic mass is 10.0. The molecule has 1 atom stereocenters. The van der Waals surface area contributed by atoms with E-state index in [0.29, 0.717) is 12.1 Å². The van der Waals surface area contributed by atoms with E-state index in [-0.39, 0.29) is 0 Å². The zero-order valence-electron chi connectivity index (χ0n) is 11.4. The molecule has 1 fully saturated rings. The third-order valence-electron chi connectivity index (χ3n) is 3.47. The van der Waals surface area contributed by atoms with Crippen molar-refractivity contribution in [3.63, 3.8) is 0 Å². The molecule has 1 aliphatic rings. The van der Waals surface area contributed by atoms with Gasteiger partial charge in [-0.1, -0.05) is 6.92 Å². The lowest BCUT2D eigenvalue weighted by molar-refractivity contribution is 0.00458. The van der Waals surface area contributed by atoms with E-state index in [9.17, 15) is 0 Å². The standard InChI is InChI=1S/C13H28N2OS/c1-3-16-13-5-8-15(9-6-13)12(11-14)7-10-17-4-2/h12-13H,3-11,14H2,1-2H3. The van der Waals surface area contributed by atoms with Crippen LogP contribution >= 0.6 is 11.8 Å². The third kappa shape index (κ3) is 5.60. The summed E-state index contributed by atoms with van der Waals surface area (Å²) in [4.78, 5) is 2.56. The summed E-state index contributed by atoms with van der Waals surface area (Å²) in [5, 5.41) is 0. The van der Waals surface area contributed by atoms with Crippen molar-refractivity contribution in [3.05, 3.63) is 0 Å². The minimum absolute atomic E-state index is 0.486. The molecule has 3 nitrogen and oxygen atoms in total. The van der Waals surface area contributed by atoms with Crippen molar-refractivity contribution >= 4 is 11.8 Å². The summed E-state index contributed by atoms with van der Waals surface area (Å²) < 4.78 is 5.68. The highest BCUT2D eigenvalue weighted by Crippen LogP contribution is 2.18. The molecule has 1 saturated heterocycles. The summed E-state index contributed by atoms with van der Waals surface area (Å²) in [6, 6.07) is 0.580. The molecular weight excluding hydrogens is 232 g/mol. The Morgan fingerprint density at radius 3 is 2.59 bits per heavy atom. The summed E-state index contributed by atoms with van der Waals surface area (Å²) in [6.45, 7) is 8.25. The number of rotatable bonds is 8. The molecule has 1 unspecified atom stereocenters. The minimum atomic E-state index is 0.486. The zero-order valence-corrected chi connectivity index (χ0v) is 12.2. The second kappa shape index (κ2) is 9.20. The lowest BCUT2D eigenvalue weighted by Crippen LogP contribution is -2.46. The fraction of sp³-hybridized carbons (Fsp3) is 1.00. The number of nitrogens with zero attached hydrogens (tertiary/aromatic N) is 1. The van der Waals surface area contributed by atoms with Gasteiger partial charge in [0, 0.05) is 32.3 Å². The van der Waals surface area contributed by atoms with Crippen molar-refractivity contribution < 1.29 is 4.74 Å². The zero-order chi connectivity index (χ0) is 12.5. The Morgan fingerprint density at radius 1 is 1.35 bits per heavy atom. The van der Waals surface area contributed by atoms with E-state index in [1.165, 1.54) is 30.8 Å². The van der Waals surface area contributed by atoms with E-state index in [4.69, 9.17) is 10.5 Å².